The lowest BCUT2D eigenvalue weighted by Crippen LogP contribution is -1.90. The van der Waals surface area contributed by atoms with Gasteiger partial charge in [0, 0.05) is 16.7 Å². The molecule has 0 heterocycles. The zero-order chi connectivity index (χ0) is 84.9. The second-order valence-electron chi connectivity index (χ2n) is 29.9. The molecule has 0 atom stereocenters. The monoisotopic (exact) mass is 1620 g/mol. The molecule has 0 aliphatic heterocycles. The van der Waals surface area contributed by atoms with E-state index in [1.54, 1.807) is 42.5 Å². The Labute approximate surface area is 701 Å². The molecule has 0 amide bonds. The molecule has 0 saturated carbocycles. The predicted molar refractivity (Wildman–Crippen MR) is 476 cm³/mol. The Morgan fingerprint density at radius 3 is 0.545 bits per heavy atom. The molecule has 0 spiro atoms. The number of benzene rings is 16. The molecule has 0 unspecified atom stereocenters. The van der Waals surface area contributed by atoms with Crippen molar-refractivity contribution in [2.45, 2.75) is 91.9 Å². The third kappa shape index (κ3) is 22.2. The van der Waals surface area contributed by atoms with Gasteiger partial charge >= 0.3 is 0 Å². The van der Waals surface area contributed by atoms with Gasteiger partial charge in [-0.3, -0.25) is 0 Å². The van der Waals surface area contributed by atoms with Crippen LogP contribution in [0.1, 0.15) is 88.5 Å². The Morgan fingerprint density at radius 2 is 0.322 bits per heavy atom. The summed E-state index contributed by atoms with van der Waals surface area (Å²) in [5.74, 6) is -8.90. The summed E-state index contributed by atoms with van der Waals surface area (Å²) in [6, 6.07) is 103. The number of aryl methyl sites for hydroxylation is 4. The first-order valence-electron chi connectivity index (χ1n) is 40.9. The lowest BCUT2D eigenvalue weighted by molar-refractivity contribution is 0.509. The van der Waals surface area contributed by atoms with Crippen LogP contribution in [0.15, 0.2) is 346 Å². The summed E-state index contributed by atoms with van der Waals surface area (Å²) in [5.41, 5.74) is 24.7. The molecule has 0 nitrogen and oxygen atoms in total. The van der Waals surface area contributed by atoms with E-state index in [1.807, 2.05) is 97.1 Å². The Balaban J connectivity index is 0.000000139. The summed E-state index contributed by atoms with van der Waals surface area (Å²) in [5, 5.41) is 0. The van der Waals surface area contributed by atoms with Gasteiger partial charge in [0.1, 0.15) is 17.5 Å². The van der Waals surface area contributed by atoms with E-state index in [0.29, 0.717) is 22.3 Å². The van der Waals surface area contributed by atoms with Gasteiger partial charge in [-0.25, -0.2) is 48.3 Å². The van der Waals surface area contributed by atoms with Crippen molar-refractivity contribution in [1.29, 1.82) is 0 Å². The number of halogens is 11. The SMILES string of the molecule is CCCCCc1ccc(-c2ccc(-c3ccc(-c4ccc(F)c(F)c4)c(F)c3)cc2)cc1.CCCCc1ccc(-c2ccc(-c3ccc(-c4ccc(F)c(F)c4)c(F)c3)cc2)cc1.CCCc1ccc(-c2ccc(-c3ccc(-c4ccc(F)c(F)c4)c(F)c3)cc2)cc1.CCc1ccc(-c2ccc(-c3ccc(-c4ccc(F)c(F)c4)cc3)cc2)cc1. The van der Waals surface area contributed by atoms with Crippen molar-refractivity contribution >= 4 is 0 Å². The van der Waals surface area contributed by atoms with Crippen molar-refractivity contribution in [1.82, 2.24) is 0 Å². The van der Waals surface area contributed by atoms with E-state index in [4.69, 9.17) is 0 Å². The largest absolute Gasteiger partial charge is 0.206 e. The van der Waals surface area contributed by atoms with Gasteiger partial charge in [0.25, 0.3) is 0 Å². The Morgan fingerprint density at radius 1 is 0.140 bits per heavy atom. The molecular formula is C110H89F11. The highest BCUT2D eigenvalue weighted by atomic mass is 19.2. The normalized spacial score (nSPS) is 10.9. The van der Waals surface area contributed by atoms with Crippen LogP contribution in [0.4, 0.5) is 48.3 Å². The minimum absolute atomic E-state index is 0.237. The molecule has 121 heavy (non-hydrogen) atoms. The second-order valence-corrected chi connectivity index (χ2v) is 29.9. The van der Waals surface area contributed by atoms with Crippen LogP contribution < -0.4 is 0 Å². The summed E-state index contributed by atoms with van der Waals surface area (Å²) >= 11 is 0. The molecule has 0 bridgehead atoms. The molecule has 16 aromatic rings. The van der Waals surface area contributed by atoms with Crippen molar-refractivity contribution in [2.75, 3.05) is 0 Å². The lowest BCUT2D eigenvalue weighted by atomic mass is 9.97. The molecule has 16 rings (SSSR count). The van der Waals surface area contributed by atoms with Gasteiger partial charge in [0.15, 0.2) is 46.5 Å². The van der Waals surface area contributed by atoms with Crippen molar-refractivity contribution in [3.63, 3.8) is 0 Å². The minimum Gasteiger partial charge on any atom is -0.206 e. The van der Waals surface area contributed by atoms with Crippen LogP contribution in [0, 0.1) is 64.0 Å². The highest BCUT2D eigenvalue weighted by Gasteiger charge is 2.17. The first-order valence-corrected chi connectivity index (χ1v) is 40.9. The molecule has 0 saturated heterocycles. The number of hydrogen-bond donors (Lipinski definition) is 0. The fourth-order valence-corrected chi connectivity index (χ4v) is 14.5. The molecule has 0 fully saturated rings. The lowest BCUT2D eigenvalue weighted by Gasteiger charge is -2.09. The van der Waals surface area contributed by atoms with Gasteiger partial charge < -0.3 is 0 Å². The maximum absolute atomic E-state index is 14.7. The van der Waals surface area contributed by atoms with Crippen LogP contribution in [-0.2, 0) is 25.7 Å². The summed E-state index contributed by atoms with van der Waals surface area (Å²) in [6.07, 6.45) is 11.5. The topological polar surface area (TPSA) is 0 Å². The molecule has 606 valence electrons. The van der Waals surface area contributed by atoms with E-state index in [2.05, 4.69) is 149 Å². The van der Waals surface area contributed by atoms with E-state index in [0.717, 1.165) is 158 Å². The van der Waals surface area contributed by atoms with Crippen molar-refractivity contribution in [2.24, 2.45) is 0 Å². The highest BCUT2D eigenvalue weighted by Crippen LogP contribution is 2.37. The smallest absolute Gasteiger partial charge is 0.159 e. The molecule has 11 heteroatoms. The van der Waals surface area contributed by atoms with E-state index < -0.39 is 64.0 Å². The van der Waals surface area contributed by atoms with Gasteiger partial charge in [-0.1, -0.05) is 332 Å². The summed E-state index contributed by atoms with van der Waals surface area (Å²) in [4.78, 5) is 0. The zero-order valence-corrected chi connectivity index (χ0v) is 67.6. The van der Waals surface area contributed by atoms with E-state index in [9.17, 15) is 48.3 Å². The molecule has 0 aliphatic carbocycles. The van der Waals surface area contributed by atoms with E-state index in [-0.39, 0.29) is 16.7 Å². The van der Waals surface area contributed by atoms with Gasteiger partial charge in [-0.15, -0.1) is 0 Å². The third-order valence-electron chi connectivity index (χ3n) is 21.6. The Hall–Kier alpha value is -13.3. The highest BCUT2D eigenvalue weighted by molar-refractivity contribution is 5.79. The fraction of sp³-hybridized carbons (Fsp3) is 0.127. The summed E-state index contributed by atoms with van der Waals surface area (Å²) < 4.78 is 151. The van der Waals surface area contributed by atoms with Crippen LogP contribution in [-0.4, -0.2) is 0 Å². The van der Waals surface area contributed by atoms with Crippen LogP contribution in [0.2, 0.25) is 0 Å². The molecule has 0 radical (unpaired) electrons. The maximum Gasteiger partial charge on any atom is 0.159 e. The summed E-state index contributed by atoms with van der Waals surface area (Å²) in [7, 11) is 0. The van der Waals surface area contributed by atoms with Crippen molar-refractivity contribution < 1.29 is 48.3 Å². The first kappa shape index (κ1) is 85.6. The van der Waals surface area contributed by atoms with Crippen LogP contribution in [0.5, 0.6) is 0 Å². The van der Waals surface area contributed by atoms with Gasteiger partial charge in [0.2, 0.25) is 0 Å². The fourth-order valence-electron chi connectivity index (χ4n) is 14.5. The Bertz CT molecular complexity index is 6120. The van der Waals surface area contributed by atoms with Crippen LogP contribution >= 0.6 is 0 Å². The number of rotatable bonds is 22. The molecular weight excluding hydrogens is 1530 g/mol. The number of hydrogen-bond acceptors (Lipinski definition) is 0. The van der Waals surface area contributed by atoms with Gasteiger partial charge in [-0.2, -0.15) is 0 Å². The maximum atomic E-state index is 14.7. The molecule has 0 aromatic heterocycles. The average Bonchev–Trinajstić information content (AvgIpc) is 0.825. The molecule has 0 aliphatic rings. The van der Waals surface area contributed by atoms with Gasteiger partial charge in [0.05, 0.1) is 0 Å². The predicted octanol–water partition coefficient (Wildman–Crippen LogP) is 32.9. The number of unbranched alkanes of at least 4 members (excludes halogenated alkanes) is 3. The Kier molecular flexibility index (Phi) is 29.0. The zero-order valence-electron chi connectivity index (χ0n) is 67.6. The van der Waals surface area contributed by atoms with Crippen LogP contribution in [0.25, 0.3) is 134 Å². The molecule has 16 aromatic carbocycles. The standard InChI is InChI=1S/C29H25F3.C28H23F3.C27H21F3.C26H20F2/c1-2-3-4-5-20-6-8-21(9-7-20)22-10-12-23(13-11-22)24-14-16-26(28(31)18-24)25-15-17-27(30)29(32)19-25;1-2-3-4-19-5-7-20(8-6-19)21-9-11-22(12-10-21)23-13-15-25(27(30)17-23)24-14-16-26(29)28(31)18-24;1-2-3-18-4-6-19(7-5-18)20-8-10-21(11-9-20)22-12-14-24(26(29)16-22)23-13-15-25(28)27(30)17-23;1-2-18-3-5-19(6-4-18)20-7-9-21(10-8-20)22-11-13-23(14-12-22)24-15-16-25(27)26(28)17-24/h6-19H,2-5H2,1H3;5-18H,2-4H2,1H3;4-17H,2-3H2,1H3;3-17H,2H2,1H3. The second kappa shape index (κ2) is 40.9. The van der Waals surface area contributed by atoms with Crippen LogP contribution in [0.3, 0.4) is 0 Å². The first-order chi connectivity index (χ1) is 58.8. The van der Waals surface area contributed by atoms with Crippen molar-refractivity contribution in [3.8, 4) is 134 Å². The van der Waals surface area contributed by atoms with Crippen molar-refractivity contribution in [3.05, 3.63) is 432 Å². The summed E-state index contributed by atoms with van der Waals surface area (Å²) in [6.45, 7) is 8.72. The average molecular weight is 1620 g/mol. The quantitative estimate of drug-likeness (QED) is 0.0469. The van der Waals surface area contributed by atoms with E-state index >= 15 is 0 Å². The van der Waals surface area contributed by atoms with E-state index in [1.165, 1.54) is 108 Å². The third-order valence-corrected chi connectivity index (χ3v) is 21.6. The van der Waals surface area contributed by atoms with Gasteiger partial charge in [-0.05, 0) is 244 Å². The molecule has 0 N–H and O–H groups in total. The minimum atomic E-state index is -0.991.